The molecule has 1 aromatic heterocycles. The Bertz CT molecular complexity index is 872. The summed E-state index contributed by atoms with van der Waals surface area (Å²) in [7, 11) is 0. The van der Waals surface area contributed by atoms with E-state index in [1.807, 2.05) is 28.9 Å². The molecule has 27 heavy (non-hydrogen) atoms. The molecule has 0 amide bonds. The highest BCUT2D eigenvalue weighted by atomic mass is 35.5. The zero-order valence-corrected chi connectivity index (χ0v) is 15.6. The van der Waals surface area contributed by atoms with E-state index in [1.54, 1.807) is 12.1 Å². The normalized spacial score (nSPS) is 16.2. The van der Waals surface area contributed by atoms with Gasteiger partial charge in [-0.2, -0.15) is 0 Å². The van der Waals surface area contributed by atoms with Crippen LogP contribution < -0.4 is 5.32 Å². The Morgan fingerprint density at radius 1 is 1.00 bits per heavy atom. The van der Waals surface area contributed by atoms with Crippen LogP contribution in [0.3, 0.4) is 0 Å². The Morgan fingerprint density at radius 3 is 2.41 bits per heavy atom. The maximum Gasteiger partial charge on any atom is 0.178 e. The van der Waals surface area contributed by atoms with Crippen LogP contribution in [0.2, 0.25) is 5.02 Å². The summed E-state index contributed by atoms with van der Waals surface area (Å²) < 4.78 is 15.4. The van der Waals surface area contributed by atoms with Crippen molar-refractivity contribution >= 4 is 17.3 Å². The van der Waals surface area contributed by atoms with Crippen molar-refractivity contribution in [3.63, 3.8) is 0 Å². The molecular weight excluding hydrogens is 365 g/mol. The van der Waals surface area contributed by atoms with Crippen LogP contribution in [0.4, 0.5) is 10.1 Å². The molecule has 0 saturated heterocycles. The molecule has 5 nitrogen and oxygen atoms in total. The minimum absolute atomic E-state index is 0.268. The van der Waals surface area contributed by atoms with Gasteiger partial charge in [0.15, 0.2) is 5.82 Å². The minimum atomic E-state index is -0.288. The summed E-state index contributed by atoms with van der Waals surface area (Å²) in [6.07, 6.45) is 5.80. The average Bonchev–Trinajstić information content (AvgIpc) is 3.19. The molecule has 1 aliphatic rings. The van der Waals surface area contributed by atoms with Crippen molar-refractivity contribution in [3.05, 3.63) is 70.8 Å². The third-order valence-corrected chi connectivity index (χ3v) is 5.31. The second-order valence-electron chi connectivity index (χ2n) is 6.91. The van der Waals surface area contributed by atoms with Crippen molar-refractivity contribution in [1.82, 2.24) is 20.2 Å². The largest absolute Gasteiger partial charge is 0.371 e. The zero-order valence-electron chi connectivity index (χ0n) is 14.9. The van der Waals surface area contributed by atoms with Crippen molar-refractivity contribution in [2.24, 2.45) is 0 Å². The van der Waals surface area contributed by atoms with E-state index in [-0.39, 0.29) is 11.9 Å². The lowest BCUT2D eigenvalue weighted by Crippen LogP contribution is -2.23. The van der Waals surface area contributed by atoms with E-state index < -0.39 is 0 Å². The molecule has 0 aliphatic heterocycles. The number of rotatable bonds is 5. The lowest BCUT2D eigenvalue weighted by Gasteiger charge is -2.26. The molecule has 1 N–H and O–H groups in total. The van der Waals surface area contributed by atoms with Crippen molar-refractivity contribution in [2.75, 3.05) is 5.32 Å². The first-order valence-electron chi connectivity index (χ1n) is 9.26. The van der Waals surface area contributed by atoms with Crippen molar-refractivity contribution in [3.8, 4) is 0 Å². The van der Waals surface area contributed by atoms with Crippen LogP contribution in [0.5, 0.6) is 0 Å². The quantitative estimate of drug-likeness (QED) is 0.658. The van der Waals surface area contributed by atoms with E-state index in [9.17, 15) is 4.39 Å². The molecule has 0 radical (unpaired) electrons. The molecule has 1 saturated carbocycles. The first-order chi connectivity index (χ1) is 13.2. The molecule has 140 valence electrons. The van der Waals surface area contributed by atoms with Crippen molar-refractivity contribution in [1.29, 1.82) is 0 Å². The Balaban J connectivity index is 1.70. The van der Waals surface area contributed by atoms with Crippen LogP contribution in [0.15, 0.2) is 48.5 Å². The summed E-state index contributed by atoms with van der Waals surface area (Å²) in [5.74, 6) is 0.472. The summed E-state index contributed by atoms with van der Waals surface area (Å²) >= 11 is 6.00. The van der Waals surface area contributed by atoms with Crippen LogP contribution in [0.25, 0.3) is 0 Å². The predicted molar refractivity (Wildman–Crippen MR) is 103 cm³/mol. The molecule has 7 heteroatoms. The van der Waals surface area contributed by atoms with E-state index >= 15 is 0 Å². The number of hydrogen-bond donors (Lipinski definition) is 1. The van der Waals surface area contributed by atoms with Crippen LogP contribution in [0.1, 0.15) is 55.6 Å². The Kier molecular flexibility index (Phi) is 5.34. The van der Waals surface area contributed by atoms with Crippen LogP contribution in [-0.2, 0) is 0 Å². The highest BCUT2D eigenvalue weighted by molar-refractivity contribution is 6.30. The molecule has 0 unspecified atom stereocenters. The topological polar surface area (TPSA) is 55.6 Å². The Labute approximate surface area is 162 Å². The molecule has 1 aliphatic carbocycles. The fourth-order valence-corrected chi connectivity index (χ4v) is 3.77. The number of halogens is 2. The van der Waals surface area contributed by atoms with Gasteiger partial charge >= 0.3 is 0 Å². The monoisotopic (exact) mass is 385 g/mol. The molecule has 0 bridgehead atoms. The standard InChI is InChI=1S/C20H21ClFN5/c21-15-8-12-17(13-9-15)23-19(14-6-10-16(22)11-7-14)20-24-25-26-27(20)18-4-2-1-3-5-18/h6-13,18-19,23H,1-5H2/t19-/m0/s1. The minimum Gasteiger partial charge on any atom is -0.371 e. The fourth-order valence-electron chi connectivity index (χ4n) is 3.64. The molecule has 3 aromatic rings. The van der Waals surface area contributed by atoms with Gasteiger partial charge in [-0.05, 0) is 65.2 Å². The van der Waals surface area contributed by atoms with Gasteiger partial charge in [0.2, 0.25) is 0 Å². The van der Waals surface area contributed by atoms with Gasteiger partial charge in [0.1, 0.15) is 11.9 Å². The summed E-state index contributed by atoms with van der Waals surface area (Å²) in [6, 6.07) is 13.9. The van der Waals surface area contributed by atoms with Crippen LogP contribution in [-0.4, -0.2) is 20.2 Å². The van der Waals surface area contributed by atoms with E-state index in [0.29, 0.717) is 11.1 Å². The smallest absolute Gasteiger partial charge is 0.178 e. The van der Waals surface area contributed by atoms with Crippen molar-refractivity contribution in [2.45, 2.75) is 44.2 Å². The number of hydrogen-bond acceptors (Lipinski definition) is 4. The van der Waals surface area contributed by atoms with E-state index in [2.05, 4.69) is 20.8 Å². The average molecular weight is 386 g/mol. The third kappa shape index (κ3) is 4.11. The zero-order chi connectivity index (χ0) is 18.6. The number of benzene rings is 2. The first-order valence-corrected chi connectivity index (χ1v) is 9.64. The van der Waals surface area contributed by atoms with Gasteiger partial charge < -0.3 is 5.32 Å². The van der Waals surface area contributed by atoms with Gasteiger partial charge in [0, 0.05) is 10.7 Å². The van der Waals surface area contributed by atoms with Gasteiger partial charge in [-0.15, -0.1) is 5.10 Å². The Hall–Kier alpha value is -2.47. The molecule has 1 atom stereocenters. The fraction of sp³-hybridized carbons (Fsp3) is 0.350. The summed E-state index contributed by atoms with van der Waals surface area (Å²) in [6.45, 7) is 0. The van der Waals surface area contributed by atoms with E-state index in [1.165, 1.54) is 31.4 Å². The Morgan fingerprint density at radius 2 is 1.70 bits per heavy atom. The van der Waals surface area contributed by atoms with Crippen LogP contribution >= 0.6 is 11.6 Å². The van der Waals surface area contributed by atoms with Crippen molar-refractivity contribution < 1.29 is 4.39 Å². The molecule has 2 aromatic carbocycles. The van der Waals surface area contributed by atoms with Gasteiger partial charge in [-0.3, -0.25) is 0 Å². The number of nitrogens with zero attached hydrogens (tertiary/aromatic N) is 4. The predicted octanol–water partition coefficient (Wildman–Crippen LogP) is 5.17. The highest BCUT2D eigenvalue weighted by Gasteiger charge is 2.26. The lowest BCUT2D eigenvalue weighted by molar-refractivity contribution is 0.315. The SMILES string of the molecule is Fc1ccc([C@H](Nc2ccc(Cl)cc2)c2nnnn2C2CCCCC2)cc1. The lowest BCUT2D eigenvalue weighted by atomic mass is 9.95. The van der Waals surface area contributed by atoms with E-state index in [4.69, 9.17) is 11.6 Å². The second-order valence-corrected chi connectivity index (χ2v) is 7.35. The molecule has 1 fully saturated rings. The van der Waals surface area contributed by atoms with Gasteiger partial charge in [-0.1, -0.05) is 43.0 Å². The third-order valence-electron chi connectivity index (χ3n) is 5.06. The van der Waals surface area contributed by atoms with Gasteiger partial charge in [0.05, 0.1) is 6.04 Å². The number of tetrazole rings is 1. The molecular formula is C20H21ClFN5. The number of anilines is 1. The molecule has 4 rings (SSSR count). The summed E-state index contributed by atoms with van der Waals surface area (Å²) in [5, 5.41) is 16.7. The van der Waals surface area contributed by atoms with Gasteiger partial charge in [0.25, 0.3) is 0 Å². The van der Waals surface area contributed by atoms with Crippen LogP contribution in [0, 0.1) is 5.82 Å². The first kappa shape index (κ1) is 17.9. The maximum absolute atomic E-state index is 13.5. The molecule has 0 spiro atoms. The maximum atomic E-state index is 13.5. The summed E-state index contributed by atoms with van der Waals surface area (Å²) in [5.41, 5.74) is 1.80. The second kappa shape index (κ2) is 8.05. The highest BCUT2D eigenvalue weighted by Crippen LogP contribution is 2.32. The summed E-state index contributed by atoms with van der Waals surface area (Å²) in [4.78, 5) is 0. The number of nitrogens with one attached hydrogen (secondary N) is 1. The van der Waals surface area contributed by atoms with E-state index in [0.717, 1.165) is 29.9 Å². The number of aromatic nitrogens is 4. The van der Waals surface area contributed by atoms with Gasteiger partial charge in [-0.25, -0.2) is 9.07 Å². The molecule has 1 heterocycles.